The summed E-state index contributed by atoms with van der Waals surface area (Å²) in [5, 5.41) is 2.70. The molecule has 2 aromatic carbocycles. The number of ketones is 1. The van der Waals surface area contributed by atoms with E-state index < -0.39 is 10.0 Å². The van der Waals surface area contributed by atoms with Gasteiger partial charge in [-0.1, -0.05) is 36.4 Å². The fraction of sp³-hybridized carbons (Fsp3) is 0.300. The summed E-state index contributed by atoms with van der Waals surface area (Å²) in [7, 11) is -3.73. The zero-order valence-corrected chi connectivity index (χ0v) is 16.4. The maximum Gasteiger partial charge on any atom is 0.245 e. The Hall–Kier alpha value is -2.55. The van der Waals surface area contributed by atoms with E-state index in [2.05, 4.69) is 5.32 Å². The summed E-state index contributed by atoms with van der Waals surface area (Å²) in [5.41, 5.74) is 1.56. The summed E-state index contributed by atoms with van der Waals surface area (Å²) < 4.78 is 32.5. The van der Waals surface area contributed by atoms with Crippen molar-refractivity contribution in [2.24, 2.45) is 0 Å². The van der Waals surface area contributed by atoms with Crippen LogP contribution >= 0.6 is 0 Å². The second kappa shape index (κ2) is 8.64. The number of morpholine rings is 1. The largest absolute Gasteiger partial charge is 0.379 e. The fourth-order valence-electron chi connectivity index (χ4n) is 2.96. The SMILES string of the molecule is CC(=O)c1ccc(CC(=O)Nc2ccccc2S(=O)(=O)N2CCOCC2)cc1. The second-order valence-corrected chi connectivity index (χ2v) is 8.40. The van der Waals surface area contributed by atoms with Crippen LogP contribution in [0.25, 0.3) is 0 Å². The molecule has 0 saturated carbocycles. The van der Waals surface area contributed by atoms with Gasteiger partial charge in [-0.25, -0.2) is 8.42 Å². The van der Waals surface area contributed by atoms with Crippen molar-refractivity contribution < 1.29 is 22.7 Å². The lowest BCUT2D eigenvalue weighted by Gasteiger charge is -2.26. The van der Waals surface area contributed by atoms with Crippen LogP contribution < -0.4 is 5.32 Å². The number of para-hydroxylation sites is 1. The molecule has 28 heavy (non-hydrogen) atoms. The third-order valence-electron chi connectivity index (χ3n) is 4.47. The zero-order valence-electron chi connectivity index (χ0n) is 15.6. The van der Waals surface area contributed by atoms with Gasteiger partial charge >= 0.3 is 0 Å². The van der Waals surface area contributed by atoms with E-state index >= 15 is 0 Å². The van der Waals surface area contributed by atoms with Crippen molar-refractivity contribution in [2.75, 3.05) is 31.6 Å². The van der Waals surface area contributed by atoms with Crippen molar-refractivity contribution in [3.8, 4) is 0 Å². The van der Waals surface area contributed by atoms with Gasteiger partial charge in [-0.05, 0) is 24.6 Å². The van der Waals surface area contributed by atoms with Crippen LogP contribution in [0.1, 0.15) is 22.8 Å². The van der Waals surface area contributed by atoms with Gasteiger partial charge in [0.15, 0.2) is 5.78 Å². The number of carbonyl (C=O) groups is 2. The fourth-order valence-corrected chi connectivity index (χ4v) is 4.51. The Bertz CT molecular complexity index is 964. The molecule has 0 aliphatic carbocycles. The minimum absolute atomic E-state index is 0.0433. The highest BCUT2D eigenvalue weighted by Crippen LogP contribution is 2.25. The Morgan fingerprint density at radius 3 is 2.32 bits per heavy atom. The molecular weight excluding hydrogens is 380 g/mol. The van der Waals surface area contributed by atoms with Crippen molar-refractivity contribution in [1.82, 2.24) is 4.31 Å². The van der Waals surface area contributed by atoms with E-state index in [1.54, 1.807) is 42.5 Å². The molecule has 1 aliphatic heterocycles. The van der Waals surface area contributed by atoms with E-state index in [9.17, 15) is 18.0 Å². The van der Waals surface area contributed by atoms with E-state index in [1.807, 2.05) is 0 Å². The summed E-state index contributed by atoms with van der Waals surface area (Å²) in [4.78, 5) is 23.9. The van der Waals surface area contributed by atoms with Crippen LogP contribution in [0.15, 0.2) is 53.4 Å². The van der Waals surface area contributed by atoms with Crippen molar-refractivity contribution >= 4 is 27.4 Å². The van der Waals surface area contributed by atoms with Crippen LogP contribution in [-0.2, 0) is 26.0 Å². The van der Waals surface area contributed by atoms with Gasteiger partial charge in [-0.2, -0.15) is 4.31 Å². The molecule has 7 nitrogen and oxygen atoms in total. The third kappa shape index (κ3) is 4.64. The number of anilines is 1. The molecule has 1 N–H and O–H groups in total. The number of benzene rings is 2. The van der Waals surface area contributed by atoms with Gasteiger partial charge in [0.25, 0.3) is 0 Å². The van der Waals surface area contributed by atoms with Crippen LogP contribution in [0.5, 0.6) is 0 Å². The number of hydrogen-bond acceptors (Lipinski definition) is 5. The lowest BCUT2D eigenvalue weighted by molar-refractivity contribution is -0.115. The topological polar surface area (TPSA) is 92.8 Å². The number of carbonyl (C=O) groups excluding carboxylic acids is 2. The highest BCUT2D eigenvalue weighted by molar-refractivity contribution is 7.89. The number of sulfonamides is 1. The van der Waals surface area contributed by atoms with E-state index in [1.165, 1.54) is 17.3 Å². The normalized spacial score (nSPS) is 15.2. The molecule has 1 fully saturated rings. The number of Topliss-reactive ketones (excluding diaryl/α,β-unsaturated/α-hetero) is 1. The first-order valence-electron chi connectivity index (χ1n) is 8.94. The number of amides is 1. The molecule has 8 heteroatoms. The smallest absolute Gasteiger partial charge is 0.245 e. The Morgan fingerprint density at radius 1 is 1.04 bits per heavy atom. The summed E-state index contributed by atoms with van der Waals surface area (Å²) in [6, 6.07) is 13.1. The van der Waals surface area contributed by atoms with Crippen LogP contribution in [0.4, 0.5) is 5.69 Å². The second-order valence-electron chi connectivity index (χ2n) is 6.49. The Labute approximate surface area is 164 Å². The highest BCUT2D eigenvalue weighted by Gasteiger charge is 2.28. The number of hydrogen-bond donors (Lipinski definition) is 1. The zero-order chi connectivity index (χ0) is 20.1. The van der Waals surface area contributed by atoms with Crippen molar-refractivity contribution in [3.63, 3.8) is 0 Å². The Balaban J connectivity index is 1.75. The average molecular weight is 402 g/mol. The first kappa shape index (κ1) is 20.2. The van der Waals surface area contributed by atoms with E-state index in [0.29, 0.717) is 18.8 Å². The monoisotopic (exact) mass is 402 g/mol. The molecule has 0 spiro atoms. The van der Waals surface area contributed by atoms with Gasteiger partial charge in [-0.15, -0.1) is 0 Å². The highest BCUT2D eigenvalue weighted by atomic mass is 32.2. The van der Waals surface area contributed by atoms with Crippen molar-refractivity contribution in [2.45, 2.75) is 18.2 Å². The lowest BCUT2D eigenvalue weighted by atomic mass is 10.1. The molecule has 0 radical (unpaired) electrons. The summed E-state index contributed by atoms with van der Waals surface area (Å²) >= 11 is 0. The summed E-state index contributed by atoms with van der Waals surface area (Å²) in [5.74, 6) is -0.376. The Kier molecular flexibility index (Phi) is 6.23. The van der Waals surface area contributed by atoms with Gasteiger partial charge in [0, 0.05) is 18.7 Å². The minimum atomic E-state index is -3.73. The van der Waals surface area contributed by atoms with Gasteiger partial charge in [0.2, 0.25) is 15.9 Å². The molecule has 1 amide bonds. The molecule has 0 unspecified atom stereocenters. The molecule has 1 heterocycles. The minimum Gasteiger partial charge on any atom is -0.379 e. The first-order valence-corrected chi connectivity index (χ1v) is 10.4. The van der Waals surface area contributed by atoms with Gasteiger partial charge in [-0.3, -0.25) is 9.59 Å². The molecule has 148 valence electrons. The predicted molar refractivity (Wildman–Crippen MR) is 105 cm³/mol. The third-order valence-corrected chi connectivity index (χ3v) is 6.43. The van der Waals surface area contributed by atoms with Crippen molar-refractivity contribution in [3.05, 3.63) is 59.7 Å². The van der Waals surface area contributed by atoms with Gasteiger partial charge < -0.3 is 10.1 Å². The summed E-state index contributed by atoms with van der Waals surface area (Å²) in [6.07, 6.45) is 0.0735. The van der Waals surface area contributed by atoms with Crippen molar-refractivity contribution in [1.29, 1.82) is 0 Å². The number of ether oxygens (including phenoxy) is 1. The number of nitrogens with zero attached hydrogens (tertiary/aromatic N) is 1. The average Bonchev–Trinajstić information content (AvgIpc) is 2.69. The van der Waals surface area contributed by atoms with Crippen LogP contribution in [-0.4, -0.2) is 50.7 Å². The maximum atomic E-state index is 12.9. The molecule has 1 saturated heterocycles. The van der Waals surface area contributed by atoms with Gasteiger partial charge in [0.1, 0.15) is 4.90 Å². The molecule has 0 aromatic heterocycles. The van der Waals surface area contributed by atoms with E-state index in [4.69, 9.17) is 4.74 Å². The van der Waals surface area contributed by atoms with Crippen LogP contribution in [0.3, 0.4) is 0 Å². The van der Waals surface area contributed by atoms with Crippen LogP contribution in [0.2, 0.25) is 0 Å². The lowest BCUT2D eigenvalue weighted by Crippen LogP contribution is -2.40. The molecule has 3 rings (SSSR count). The quantitative estimate of drug-likeness (QED) is 0.747. The molecule has 1 aliphatic rings. The molecule has 0 atom stereocenters. The number of nitrogens with one attached hydrogen (secondary N) is 1. The molecule has 2 aromatic rings. The predicted octanol–water partition coefficient (Wildman–Crippen LogP) is 2.09. The molecular formula is C20H22N2O5S. The standard InChI is InChI=1S/C20H22N2O5S/c1-15(23)17-8-6-16(7-9-17)14-20(24)21-18-4-2-3-5-19(18)28(25,26)22-10-12-27-13-11-22/h2-9H,10-14H2,1H3,(H,21,24). The maximum absolute atomic E-state index is 12.9. The Morgan fingerprint density at radius 2 is 1.68 bits per heavy atom. The van der Waals surface area contributed by atoms with Gasteiger partial charge in [0.05, 0.1) is 25.3 Å². The molecule has 0 bridgehead atoms. The summed E-state index contributed by atoms with van der Waals surface area (Å²) in [6.45, 7) is 2.75. The van der Waals surface area contributed by atoms with Crippen LogP contribution in [0, 0.1) is 0 Å². The van der Waals surface area contributed by atoms with E-state index in [-0.39, 0.29) is 41.8 Å². The number of rotatable bonds is 6. The van der Waals surface area contributed by atoms with E-state index in [0.717, 1.165) is 5.56 Å². The first-order chi connectivity index (χ1) is 13.4.